The number of aromatic carboxylic acids is 1. The predicted molar refractivity (Wildman–Crippen MR) is 85.4 cm³/mol. The summed E-state index contributed by atoms with van der Waals surface area (Å²) < 4.78 is 0. The second-order valence-corrected chi connectivity index (χ2v) is 5.24. The highest BCUT2D eigenvalue weighted by molar-refractivity contribution is 5.98. The lowest BCUT2D eigenvalue weighted by molar-refractivity contribution is -0.481. The van der Waals surface area contributed by atoms with Gasteiger partial charge in [-0.15, -0.1) is 0 Å². The Morgan fingerprint density at radius 3 is 2.43 bits per heavy atom. The van der Waals surface area contributed by atoms with Crippen molar-refractivity contribution in [1.82, 2.24) is 4.98 Å². The van der Waals surface area contributed by atoms with E-state index in [0.29, 0.717) is 16.5 Å². The second kappa shape index (κ2) is 5.92. The minimum absolute atomic E-state index is 0.00176. The first-order valence-corrected chi connectivity index (χ1v) is 7.08. The average Bonchev–Trinajstić information content (AvgIpc) is 2.93. The average molecular weight is 310 g/mol. The molecule has 2 aromatic carbocycles. The fraction of sp³-hybridized carbons (Fsp3) is 0.118. The number of carbonyl (C=O) groups is 1. The molecule has 0 saturated carbocycles. The molecule has 0 spiro atoms. The number of para-hydroxylation sites is 1. The molecule has 0 fully saturated rings. The molecule has 0 aliphatic heterocycles. The van der Waals surface area contributed by atoms with E-state index in [1.165, 1.54) is 0 Å². The van der Waals surface area contributed by atoms with Gasteiger partial charge in [-0.1, -0.05) is 48.5 Å². The van der Waals surface area contributed by atoms with Crippen LogP contribution < -0.4 is 0 Å². The Hall–Kier alpha value is -3.15. The van der Waals surface area contributed by atoms with E-state index in [0.717, 1.165) is 5.56 Å². The van der Waals surface area contributed by atoms with E-state index in [9.17, 15) is 20.0 Å². The van der Waals surface area contributed by atoms with Crippen LogP contribution >= 0.6 is 0 Å². The van der Waals surface area contributed by atoms with Crippen LogP contribution in [0.5, 0.6) is 0 Å². The van der Waals surface area contributed by atoms with Crippen molar-refractivity contribution in [2.24, 2.45) is 0 Å². The van der Waals surface area contributed by atoms with E-state index in [4.69, 9.17) is 0 Å². The van der Waals surface area contributed by atoms with Crippen molar-refractivity contribution in [3.05, 3.63) is 81.5 Å². The number of nitro groups is 1. The zero-order valence-corrected chi connectivity index (χ0v) is 12.1. The minimum Gasteiger partial charge on any atom is -0.477 e. The van der Waals surface area contributed by atoms with Gasteiger partial charge in [0.15, 0.2) is 0 Å². The van der Waals surface area contributed by atoms with E-state index < -0.39 is 16.8 Å². The lowest BCUT2D eigenvalue weighted by Gasteiger charge is -2.14. The molecule has 0 saturated heterocycles. The fourth-order valence-electron chi connectivity index (χ4n) is 2.89. The van der Waals surface area contributed by atoms with Crippen molar-refractivity contribution >= 4 is 16.9 Å². The molecule has 23 heavy (non-hydrogen) atoms. The Kier molecular flexibility index (Phi) is 3.80. The summed E-state index contributed by atoms with van der Waals surface area (Å²) in [6.45, 7) is -0.369. The third kappa shape index (κ3) is 2.78. The zero-order valence-electron chi connectivity index (χ0n) is 12.1. The van der Waals surface area contributed by atoms with Crippen LogP contribution in [0.4, 0.5) is 0 Å². The maximum Gasteiger partial charge on any atom is 0.352 e. The fourth-order valence-corrected chi connectivity index (χ4v) is 2.89. The number of hydrogen-bond donors (Lipinski definition) is 2. The van der Waals surface area contributed by atoms with Gasteiger partial charge in [0.1, 0.15) is 5.69 Å². The molecule has 0 aliphatic carbocycles. The van der Waals surface area contributed by atoms with Gasteiger partial charge in [-0.2, -0.15) is 0 Å². The molecule has 6 nitrogen and oxygen atoms in total. The Balaban J connectivity index is 2.27. The molecule has 0 bridgehead atoms. The minimum atomic E-state index is -1.12. The summed E-state index contributed by atoms with van der Waals surface area (Å²) in [6, 6.07) is 16.1. The van der Waals surface area contributed by atoms with Gasteiger partial charge in [0.05, 0.1) is 5.92 Å². The quantitative estimate of drug-likeness (QED) is 0.558. The van der Waals surface area contributed by atoms with Crippen LogP contribution in [0.1, 0.15) is 27.5 Å². The van der Waals surface area contributed by atoms with Gasteiger partial charge >= 0.3 is 5.97 Å². The van der Waals surface area contributed by atoms with Crippen LogP contribution in [0.15, 0.2) is 54.6 Å². The molecule has 0 radical (unpaired) electrons. The van der Waals surface area contributed by atoms with Crippen LogP contribution in [-0.4, -0.2) is 27.5 Å². The zero-order chi connectivity index (χ0) is 16.4. The lowest BCUT2D eigenvalue weighted by Crippen LogP contribution is -2.16. The molecule has 0 aliphatic rings. The van der Waals surface area contributed by atoms with Crippen molar-refractivity contribution in [2.45, 2.75) is 5.92 Å². The van der Waals surface area contributed by atoms with E-state index in [1.807, 2.05) is 6.07 Å². The molecular weight excluding hydrogens is 296 g/mol. The number of nitrogens with zero attached hydrogens (tertiary/aromatic N) is 1. The molecule has 3 rings (SSSR count). The summed E-state index contributed by atoms with van der Waals surface area (Å²) >= 11 is 0. The molecule has 1 unspecified atom stereocenters. The van der Waals surface area contributed by atoms with Gasteiger partial charge in [-0.25, -0.2) is 4.79 Å². The molecule has 3 aromatic rings. The van der Waals surface area contributed by atoms with Crippen molar-refractivity contribution in [1.29, 1.82) is 0 Å². The standard InChI is InChI=1S/C17H14N2O4/c20-17(21)16-15(12-8-4-5-9-14(12)18-16)13(10-19(22)23)11-6-2-1-3-7-11/h1-9,13,18H,10H2,(H,20,21). The van der Waals surface area contributed by atoms with E-state index in [-0.39, 0.29) is 12.2 Å². The molecule has 2 N–H and O–H groups in total. The number of carboxylic acid groups (broad SMARTS) is 1. The Bertz CT molecular complexity index is 871. The number of H-pyrrole nitrogens is 1. The largest absolute Gasteiger partial charge is 0.477 e. The first kappa shape index (κ1) is 14.8. The number of hydrogen-bond acceptors (Lipinski definition) is 3. The summed E-state index contributed by atoms with van der Waals surface area (Å²) in [5.74, 6) is -1.76. The molecule has 6 heteroatoms. The van der Waals surface area contributed by atoms with Crippen LogP contribution in [0.3, 0.4) is 0 Å². The SMILES string of the molecule is O=C(O)c1[nH]c2ccccc2c1C(C[N+](=O)[O-])c1ccccc1. The summed E-state index contributed by atoms with van der Waals surface area (Å²) in [5, 5.41) is 21.3. The van der Waals surface area contributed by atoms with Crippen LogP contribution in [-0.2, 0) is 0 Å². The highest BCUT2D eigenvalue weighted by atomic mass is 16.6. The Labute approximate surface area is 131 Å². The van der Waals surface area contributed by atoms with Gasteiger partial charge in [0.2, 0.25) is 6.54 Å². The molecule has 1 atom stereocenters. The van der Waals surface area contributed by atoms with Crippen LogP contribution in [0, 0.1) is 10.1 Å². The summed E-state index contributed by atoms with van der Waals surface area (Å²) in [7, 11) is 0. The van der Waals surface area contributed by atoms with Crippen LogP contribution in [0.25, 0.3) is 10.9 Å². The third-order valence-electron chi connectivity index (χ3n) is 3.84. The number of rotatable bonds is 5. The normalized spacial score (nSPS) is 12.2. The number of carboxylic acids is 1. The van der Waals surface area contributed by atoms with Crippen molar-refractivity contribution < 1.29 is 14.8 Å². The first-order valence-electron chi connectivity index (χ1n) is 7.08. The van der Waals surface area contributed by atoms with E-state index in [1.54, 1.807) is 48.5 Å². The molecule has 1 heterocycles. The van der Waals surface area contributed by atoms with Gasteiger partial charge in [0, 0.05) is 21.4 Å². The van der Waals surface area contributed by atoms with Gasteiger partial charge < -0.3 is 10.1 Å². The van der Waals surface area contributed by atoms with Crippen molar-refractivity contribution in [2.75, 3.05) is 6.54 Å². The monoisotopic (exact) mass is 310 g/mol. The summed E-state index contributed by atoms with van der Waals surface area (Å²) in [4.78, 5) is 25.2. The van der Waals surface area contributed by atoms with Crippen molar-refractivity contribution in [3.8, 4) is 0 Å². The lowest BCUT2D eigenvalue weighted by atomic mass is 9.89. The number of aromatic amines is 1. The highest BCUT2D eigenvalue weighted by Gasteiger charge is 2.29. The number of benzene rings is 2. The van der Waals surface area contributed by atoms with Gasteiger partial charge in [-0.05, 0) is 11.6 Å². The van der Waals surface area contributed by atoms with Crippen molar-refractivity contribution in [3.63, 3.8) is 0 Å². The maximum atomic E-state index is 11.6. The summed E-state index contributed by atoms with van der Waals surface area (Å²) in [6.07, 6.45) is 0. The molecular formula is C17H14N2O4. The molecule has 1 aromatic heterocycles. The third-order valence-corrected chi connectivity index (χ3v) is 3.84. The number of fused-ring (bicyclic) bond motifs is 1. The van der Waals surface area contributed by atoms with Crippen LogP contribution in [0.2, 0.25) is 0 Å². The Morgan fingerprint density at radius 2 is 1.78 bits per heavy atom. The maximum absolute atomic E-state index is 11.6. The van der Waals surface area contributed by atoms with E-state index in [2.05, 4.69) is 4.98 Å². The number of nitrogens with one attached hydrogen (secondary N) is 1. The molecule has 0 amide bonds. The summed E-state index contributed by atoms with van der Waals surface area (Å²) in [5.41, 5.74) is 1.83. The van der Waals surface area contributed by atoms with Gasteiger partial charge in [-0.3, -0.25) is 10.1 Å². The second-order valence-electron chi connectivity index (χ2n) is 5.24. The topological polar surface area (TPSA) is 96.2 Å². The molecule has 116 valence electrons. The highest BCUT2D eigenvalue weighted by Crippen LogP contribution is 2.34. The van der Waals surface area contributed by atoms with Gasteiger partial charge in [0.25, 0.3) is 0 Å². The smallest absolute Gasteiger partial charge is 0.352 e. The Morgan fingerprint density at radius 1 is 1.13 bits per heavy atom. The predicted octanol–water partition coefficient (Wildman–Crippen LogP) is 3.27. The van der Waals surface area contributed by atoms with E-state index >= 15 is 0 Å². The first-order chi connectivity index (χ1) is 11.1. The number of aromatic nitrogens is 1.